The van der Waals surface area contributed by atoms with E-state index in [1.165, 1.54) is 18.6 Å². The maximum Gasteiger partial charge on any atom is 0.0847 e. The third-order valence-corrected chi connectivity index (χ3v) is 3.48. The lowest BCUT2D eigenvalue weighted by Crippen LogP contribution is -1.87. The second-order valence-corrected chi connectivity index (χ2v) is 4.29. The molecule has 1 atom stereocenters. The fourth-order valence-electron chi connectivity index (χ4n) is 1.44. The predicted octanol–water partition coefficient (Wildman–Crippen LogP) is 1.47. The van der Waals surface area contributed by atoms with Gasteiger partial charge in [-0.25, -0.2) is 0 Å². The molecule has 4 heteroatoms. The zero-order valence-electron chi connectivity index (χ0n) is 6.79. The number of aromatic nitrogens is 2. The first kappa shape index (κ1) is 8.13. The van der Waals surface area contributed by atoms with Crippen LogP contribution in [0.5, 0.6) is 0 Å². The molecule has 1 saturated heterocycles. The highest BCUT2D eigenvalue weighted by molar-refractivity contribution is 7.99. The molecule has 0 spiro atoms. The summed E-state index contributed by atoms with van der Waals surface area (Å²) in [5.41, 5.74) is 1.92. The van der Waals surface area contributed by atoms with Crippen molar-refractivity contribution < 1.29 is 5.11 Å². The first-order valence-corrected chi connectivity index (χ1v) is 5.21. The highest BCUT2D eigenvalue weighted by Crippen LogP contribution is 2.38. The Morgan fingerprint density at radius 2 is 2.67 bits per heavy atom. The van der Waals surface area contributed by atoms with Gasteiger partial charge >= 0.3 is 0 Å². The lowest BCUT2D eigenvalue weighted by Gasteiger charge is -2.01. The van der Waals surface area contributed by atoms with E-state index >= 15 is 0 Å². The summed E-state index contributed by atoms with van der Waals surface area (Å²) in [6, 6.07) is 1.96. The molecule has 0 aliphatic carbocycles. The van der Waals surface area contributed by atoms with Crippen LogP contribution in [-0.2, 0) is 6.61 Å². The van der Waals surface area contributed by atoms with Crippen LogP contribution in [0.2, 0.25) is 0 Å². The summed E-state index contributed by atoms with van der Waals surface area (Å²) in [5, 5.41) is 16.4. The van der Waals surface area contributed by atoms with E-state index in [2.05, 4.69) is 10.2 Å². The summed E-state index contributed by atoms with van der Waals surface area (Å²) in [4.78, 5) is 0. The zero-order chi connectivity index (χ0) is 8.39. The van der Waals surface area contributed by atoms with Gasteiger partial charge in [-0.1, -0.05) is 0 Å². The molecule has 0 saturated carbocycles. The van der Waals surface area contributed by atoms with E-state index in [4.69, 9.17) is 5.11 Å². The minimum atomic E-state index is 0.0599. The number of aliphatic hydroxyl groups excluding tert-OH is 1. The van der Waals surface area contributed by atoms with Crippen molar-refractivity contribution in [1.29, 1.82) is 0 Å². The molecule has 1 aromatic rings. The summed E-state index contributed by atoms with van der Waals surface area (Å²) in [6.07, 6.45) is 2.51. The number of nitrogens with one attached hydrogen (secondary N) is 1. The molecular formula is C8H12N2OS. The molecule has 2 heterocycles. The lowest BCUT2D eigenvalue weighted by atomic mass is 10.2. The summed E-state index contributed by atoms with van der Waals surface area (Å²) < 4.78 is 0. The van der Waals surface area contributed by atoms with Crippen molar-refractivity contribution in [2.75, 3.05) is 5.75 Å². The average Bonchev–Trinajstić information content (AvgIpc) is 2.75. The van der Waals surface area contributed by atoms with Gasteiger partial charge in [-0.3, -0.25) is 5.10 Å². The number of H-pyrrole nitrogens is 1. The molecule has 12 heavy (non-hydrogen) atoms. The van der Waals surface area contributed by atoms with Crippen molar-refractivity contribution >= 4 is 11.8 Å². The molecule has 0 amide bonds. The van der Waals surface area contributed by atoms with Gasteiger partial charge in [0.15, 0.2) is 0 Å². The zero-order valence-corrected chi connectivity index (χ0v) is 7.60. The van der Waals surface area contributed by atoms with Crippen molar-refractivity contribution in [3.63, 3.8) is 0 Å². The Morgan fingerprint density at radius 1 is 1.75 bits per heavy atom. The van der Waals surface area contributed by atoms with Gasteiger partial charge in [0.1, 0.15) is 0 Å². The van der Waals surface area contributed by atoms with E-state index in [1.54, 1.807) is 0 Å². The first-order valence-electron chi connectivity index (χ1n) is 4.17. The molecule has 0 radical (unpaired) electrons. The normalized spacial score (nSPS) is 23.2. The molecule has 0 aromatic carbocycles. The highest BCUT2D eigenvalue weighted by Gasteiger charge is 2.19. The number of thioether (sulfide) groups is 1. The van der Waals surface area contributed by atoms with Gasteiger partial charge in [-0.2, -0.15) is 16.9 Å². The molecule has 66 valence electrons. The number of nitrogens with zero attached hydrogens (tertiary/aromatic N) is 1. The minimum absolute atomic E-state index is 0.0599. The Kier molecular flexibility index (Phi) is 2.37. The molecule has 0 bridgehead atoms. The van der Waals surface area contributed by atoms with E-state index in [-0.39, 0.29) is 6.61 Å². The smallest absolute Gasteiger partial charge is 0.0847 e. The SMILES string of the molecule is OCc1cc(C2CCCS2)n[nH]1. The average molecular weight is 184 g/mol. The maximum absolute atomic E-state index is 8.82. The van der Waals surface area contributed by atoms with Gasteiger partial charge < -0.3 is 5.11 Å². The Balaban J connectivity index is 2.11. The Morgan fingerprint density at radius 3 is 3.25 bits per heavy atom. The van der Waals surface area contributed by atoms with Gasteiger partial charge in [0.2, 0.25) is 0 Å². The summed E-state index contributed by atoms with van der Waals surface area (Å²) in [5.74, 6) is 1.24. The molecule has 2 N–H and O–H groups in total. The Hall–Kier alpha value is -0.480. The van der Waals surface area contributed by atoms with Crippen LogP contribution >= 0.6 is 11.8 Å². The number of rotatable bonds is 2. The van der Waals surface area contributed by atoms with Gasteiger partial charge in [0.05, 0.1) is 18.0 Å². The highest BCUT2D eigenvalue weighted by atomic mass is 32.2. The van der Waals surface area contributed by atoms with Crippen LogP contribution in [-0.4, -0.2) is 21.1 Å². The van der Waals surface area contributed by atoms with Crippen LogP contribution in [0.1, 0.15) is 29.5 Å². The van der Waals surface area contributed by atoms with Crippen LogP contribution in [0.4, 0.5) is 0 Å². The van der Waals surface area contributed by atoms with Crippen LogP contribution in [0.3, 0.4) is 0 Å². The summed E-state index contributed by atoms with van der Waals surface area (Å²) in [6.45, 7) is 0.0599. The van der Waals surface area contributed by atoms with Crippen LogP contribution in [0, 0.1) is 0 Å². The van der Waals surface area contributed by atoms with Gasteiger partial charge in [0.25, 0.3) is 0 Å². The third kappa shape index (κ3) is 1.49. The fourth-order valence-corrected chi connectivity index (χ4v) is 2.68. The topological polar surface area (TPSA) is 48.9 Å². The quantitative estimate of drug-likeness (QED) is 0.731. The Bertz CT molecular complexity index is 255. The lowest BCUT2D eigenvalue weighted by molar-refractivity contribution is 0.276. The molecule has 1 aliphatic heterocycles. The van der Waals surface area contributed by atoms with Crippen LogP contribution in [0.15, 0.2) is 6.07 Å². The van der Waals surface area contributed by atoms with Gasteiger partial charge in [-0.15, -0.1) is 0 Å². The molecule has 1 fully saturated rings. The van der Waals surface area contributed by atoms with Gasteiger partial charge in [-0.05, 0) is 24.7 Å². The third-order valence-electron chi connectivity index (χ3n) is 2.08. The standard InChI is InChI=1S/C8H12N2OS/c11-5-6-4-7(10-9-6)8-2-1-3-12-8/h4,8,11H,1-3,5H2,(H,9,10). The summed E-state index contributed by atoms with van der Waals surface area (Å²) in [7, 11) is 0. The minimum Gasteiger partial charge on any atom is -0.390 e. The van der Waals surface area contributed by atoms with E-state index in [1.807, 2.05) is 17.8 Å². The maximum atomic E-state index is 8.82. The number of aromatic amines is 1. The molecule has 1 aliphatic rings. The molecule has 3 nitrogen and oxygen atoms in total. The first-order chi connectivity index (χ1) is 5.90. The van der Waals surface area contributed by atoms with Crippen LogP contribution < -0.4 is 0 Å². The predicted molar refractivity (Wildman–Crippen MR) is 48.9 cm³/mol. The molecular weight excluding hydrogens is 172 g/mol. The van der Waals surface area contributed by atoms with Crippen molar-refractivity contribution in [1.82, 2.24) is 10.2 Å². The van der Waals surface area contributed by atoms with E-state index in [9.17, 15) is 0 Å². The largest absolute Gasteiger partial charge is 0.390 e. The number of hydrogen-bond donors (Lipinski definition) is 2. The van der Waals surface area contributed by atoms with Crippen molar-refractivity contribution in [2.45, 2.75) is 24.7 Å². The second kappa shape index (κ2) is 3.49. The molecule has 1 aromatic heterocycles. The van der Waals surface area contributed by atoms with Crippen molar-refractivity contribution in [2.24, 2.45) is 0 Å². The number of aliphatic hydroxyl groups is 1. The van der Waals surface area contributed by atoms with E-state index in [0.717, 1.165) is 11.4 Å². The molecule has 2 rings (SSSR count). The summed E-state index contributed by atoms with van der Waals surface area (Å²) >= 11 is 1.96. The van der Waals surface area contributed by atoms with E-state index < -0.39 is 0 Å². The van der Waals surface area contributed by atoms with E-state index in [0.29, 0.717) is 5.25 Å². The Labute approximate surface area is 75.6 Å². The molecule has 1 unspecified atom stereocenters. The van der Waals surface area contributed by atoms with Gasteiger partial charge in [0, 0.05) is 5.25 Å². The van der Waals surface area contributed by atoms with Crippen molar-refractivity contribution in [3.8, 4) is 0 Å². The number of hydrogen-bond acceptors (Lipinski definition) is 3. The monoisotopic (exact) mass is 184 g/mol. The van der Waals surface area contributed by atoms with Crippen molar-refractivity contribution in [3.05, 3.63) is 17.5 Å². The second-order valence-electron chi connectivity index (χ2n) is 2.98. The van der Waals surface area contributed by atoms with Crippen LogP contribution in [0.25, 0.3) is 0 Å². The fraction of sp³-hybridized carbons (Fsp3) is 0.625.